The molecule has 1 rings (SSSR count). The average Bonchev–Trinajstić information content (AvgIpc) is 2.36. The van der Waals surface area contributed by atoms with E-state index in [2.05, 4.69) is 0 Å². The second-order valence-electron chi connectivity index (χ2n) is 3.30. The molecule has 0 atom stereocenters. The minimum atomic E-state index is -3.90. The van der Waals surface area contributed by atoms with Gasteiger partial charge in [-0.3, -0.25) is 4.79 Å². The lowest BCUT2D eigenvalue weighted by molar-refractivity contribution is -0.123. The summed E-state index contributed by atoms with van der Waals surface area (Å²) in [5.41, 5.74) is 0.342. The van der Waals surface area contributed by atoms with Crippen molar-refractivity contribution in [1.82, 2.24) is 4.72 Å². The Morgan fingerprint density at radius 3 is 2.50 bits per heavy atom. The Balaban J connectivity index is 2.80. The number of benzene rings is 1. The van der Waals surface area contributed by atoms with Gasteiger partial charge in [0.15, 0.2) is 0 Å². The zero-order chi connectivity index (χ0) is 13.6. The van der Waals surface area contributed by atoms with Crippen molar-refractivity contribution in [2.24, 2.45) is 0 Å². The van der Waals surface area contributed by atoms with Crippen LogP contribution in [0.5, 0.6) is 0 Å². The van der Waals surface area contributed by atoms with Crippen molar-refractivity contribution in [1.29, 1.82) is 5.26 Å². The van der Waals surface area contributed by atoms with Gasteiger partial charge in [-0.2, -0.15) is 5.26 Å². The lowest BCUT2D eigenvalue weighted by Gasteiger charge is -2.06. The summed E-state index contributed by atoms with van der Waals surface area (Å²) in [5, 5.41) is 8.59. The lowest BCUT2D eigenvalue weighted by Crippen LogP contribution is -2.33. The third kappa shape index (κ3) is 3.84. The topological polar surface area (TPSA) is 96.3 Å². The van der Waals surface area contributed by atoms with Crippen LogP contribution in [0.15, 0.2) is 29.2 Å². The number of carbonyl (C=O) groups is 1. The van der Waals surface area contributed by atoms with Gasteiger partial charge in [-0.15, -0.1) is 0 Å². The van der Waals surface area contributed by atoms with Crippen LogP contribution in [0.4, 0.5) is 0 Å². The molecule has 18 heavy (non-hydrogen) atoms. The first-order valence-electron chi connectivity index (χ1n) is 5.13. The van der Waals surface area contributed by atoms with E-state index in [1.165, 1.54) is 24.3 Å². The summed E-state index contributed by atoms with van der Waals surface area (Å²) in [4.78, 5) is 11.2. The van der Waals surface area contributed by atoms with Crippen LogP contribution >= 0.6 is 0 Å². The fourth-order valence-electron chi connectivity index (χ4n) is 1.14. The van der Waals surface area contributed by atoms with Gasteiger partial charge in [-0.25, -0.2) is 13.1 Å². The number of nitrogens with zero attached hydrogens (tertiary/aromatic N) is 1. The van der Waals surface area contributed by atoms with Gasteiger partial charge < -0.3 is 4.74 Å². The maximum Gasteiger partial charge on any atom is 0.264 e. The maximum absolute atomic E-state index is 11.7. The number of rotatable bonds is 5. The van der Waals surface area contributed by atoms with Crippen LogP contribution in [0.2, 0.25) is 0 Å². The molecule has 0 unspecified atom stereocenters. The van der Waals surface area contributed by atoms with Gasteiger partial charge in [0.2, 0.25) is 0 Å². The first-order valence-corrected chi connectivity index (χ1v) is 6.61. The molecule has 7 heteroatoms. The second kappa shape index (κ2) is 6.14. The Kier molecular flexibility index (Phi) is 4.83. The molecule has 0 heterocycles. The monoisotopic (exact) mass is 268 g/mol. The number of ether oxygens (including phenoxy) is 1. The molecule has 0 aliphatic carbocycles. The second-order valence-corrected chi connectivity index (χ2v) is 4.98. The summed E-state index contributed by atoms with van der Waals surface area (Å²) in [7, 11) is -3.90. The summed E-state index contributed by atoms with van der Waals surface area (Å²) < 4.78 is 30.1. The number of nitriles is 1. The van der Waals surface area contributed by atoms with E-state index in [0.717, 1.165) is 0 Å². The molecule has 6 nitrogen and oxygen atoms in total. The van der Waals surface area contributed by atoms with Crippen LogP contribution in [0, 0.1) is 11.3 Å². The van der Waals surface area contributed by atoms with Crippen LogP contribution in [0.3, 0.4) is 0 Å². The Morgan fingerprint density at radius 2 is 2.00 bits per heavy atom. The summed E-state index contributed by atoms with van der Waals surface area (Å²) in [6.45, 7) is 1.71. The Bertz CT molecular complexity index is 558. The fraction of sp³-hybridized carbons (Fsp3) is 0.273. The molecule has 0 fully saturated rings. The third-order valence-corrected chi connectivity index (χ3v) is 3.37. The summed E-state index contributed by atoms with van der Waals surface area (Å²) in [6, 6.07) is 7.12. The third-order valence-electron chi connectivity index (χ3n) is 1.98. The largest absolute Gasteiger partial charge is 0.372 e. The molecule has 0 saturated heterocycles. The number of hydrogen-bond acceptors (Lipinski definition) is 5. The van der Waals surface area contributed by atoms with E-state index in [9.17, 15) is 13.2 Å². The number of amides is 1. The van der Waals surface area contributed by atoms with Crippen LogP contribution in [-0.2, 0) is 19.6 Å². The van der Waals surface area contributed by atoms with Crippen LogP contribution in [0.1, 0.15) is 12.5 Å². The molecule has 0 aliphatic heterocycles. The minimum Gasteiger partial charge on any atom is -0.372 e. The van der Waals surface area contributed by atoms with Gasteiger partial charge in [-0.1, -0.05) is 0 Å². The van der Waals surface area contributed by atoms with Gasteiger partial charge in [0.25, 0.3) is 15.9 Å². The molecule has 1 aromatic carbocycles. The molecule has 0 bridgehead atoms. The Labute approximate surface area is 105 Å². The number of nitrogens with one attached hydrogen (secondary N) is 1. The quantitative estimate of drug-likeness (QED) is 0.833. The van der Waals surface area contributed by atoms with Crippen LogP contribution in [0.25, 0.3) is 0 Å². The molecule has 96 valence electrons. The van der Waals surface area contributed by atoms with Crippen molar-refractivity contribution in [3.05, 3.63) is 29.8 Å². The first kappa shape index (κ1) is 14.2. The van der Waals surface area contributed by atoms with Crippen molar-refractivity contribution in [3.63, 3.8) is 0 Å². The number of hydrogen-bond donors (Lipinski definition) is 1. The molecule has 1 aromatic rings. The zero-order valence-corrected chi connectivity index (χ0v) is 10.5. The number of sulfonamides is 1. The normalized spacial score (nSPS) is 10.7. The molecule has 1 N–H and O–H groups in total. The van der Waals surface area contributed by atoms with Crippen molar-refractivity contribution in [2.45, 2.75) is 11.8 Å². The van der Waals surface area contributed by atoms with Gasteiger partial charge in [0, 0.05) is 6.61 Å². The van der Waals surface area contributed by atoms with Gasteiger partial charge >= 0.3 is 0 Å². The van der Waals surface area contributed by atoms with Gasteiger partial charge in [0.05, 0.1) is 16.5 Å². The molecule has 0 spiro atoms. The fourth-order valence-corrected chi connectivity index (χ4v) is 2.11. The molecule has 0 aliphatic rings. The molecule has 0 saturated carbocycles. The van der Waals surface area contributed by atoms with Crippen molar-refractivity contribution < 1.29 is 17.9 Å². The standard InChI is InChI=1S/C11H12N2O4S/c1-2-17-8-11(14)13-18(15,16)10-5-3-9(7-12)4-6-10/h3-6H,2,8H2,1H3,(H,13,14). The highest BCUT2D eigenvalue weighted by Gasteiger charge is 2.17. The van der Waals surface area contributed by atoms with Gasteiger partial charge in [0.1, 0.15) is 6.61 Å². The van der Waals surface area contributed by atoms with Crippen molar-refractivity contribution >= 4 is 15.9 Å². The highest BCUT2D eigenvalue weighted by atomic mass is 32.2. The maximum atomic E-state index is 11.7. The van der Waals surface area contributed by atoms with Crippen molar-refractivity contribution in [2.75, 3.05) is 13.2 Å². The SMILES string of the molecule is CCOCC(=O)NS(=O)(=O)c1ccc(C#N)cc1. The predicted molar refractivity (Wildman–Crippen MR) is 63.0 cm³/mol. The smallest absolute Gasteiger partial charge is 0.264 e. The summed E-state index contributed by atoms with van der Waals surface area (Å²) in [5.74, 6) is -0.735. The first-order chi connectivity index (χ1) is 8.49. The Morgan fingerprint density at radius 1 is 1.39 bits per heavy atom. The van der Waals surface area contributed by atoms with E-state index < -0.39 is 15.9 Å². The van der Waals surface area contributed by atoms with E-state index in [1.54, 1.807) is 6.92 Å². The molecular formula is C11H12N2O4S. The zero-order valence-electron chi connectivity index (χ0n) is 9.71. The van der Waals surface area contributed by atoms with Crippen LogP contribution in [-0.4, -0.2) is 27.5 Å². The minimum absolute atomic E-state index is 0.0775. The van der Waals surface area contributed by atoms with Crippen molar-refractivity contribution in [3.8, 4) is 6.07 Å². The molecule has 1 amide bonds. The van der Waals surface area contributed by atoms with Crippen LogP contribution < -0.4 is 4.72 Å². The Hall–Kier alpha value is -1.91. The summed E-state index contributed by atoms with van der Waals surface area (Å²) >= 11 is 0. The molecular weight excluding hydrogens is 256 g/mol. The van der Waals surface area contributed by atoms with E-state index >= 15 is 0 Å². The highest BCUT2D eigenvalue weighted by molar-refractivity contribution is 7.90. The molecule has 0 aromatic heterocycles. The van der Waals surface area contributed by atoms with E-state index in [1.807, 2.05) is 10.8 Å². The van der Waals surface area contributed by atoms with Gasteiger partial charge in [-0.05, 0) is 31.2 Å². The van der Waals surface area contributed by atoms with E-state index in [4.69, 9.17) is 10.00 Å². The highest BCUT2D eigenvalue weighted by Crippen LogP contribution is 2.09. The lowest BCUT2D eigenvalue weighted by atomic mass is 10.2. The summed E-state index contributed by atoms with van der Waals surface area (Å²) in [6.07, 6.45) is 0. The average molecular weight is 268 g/mol. The number of carbonyl (C=O) groups excluding carboxylic acids is 1. The predicted octanol–water partition coefficient (Wildman–Crippen LogP) is 0.400. The van der Waals surface area contributed by atoms with E-state index in [0.29, 0.717) is 12.2 Å². The molecule has 0 radical (unpaired) electrons. The van der Waals surface area contributed by atoms with E-state index in [-0.39, 0.29) is 11.5 Å².